The van der Waals surface area contributed by atoms with Crippen LogP contribution in [0.4, 0.5) is 0 Å². The Balaban J connectivity index is 2.11. The van der Waals surface area contributed by atoms with Crippen LogP contribution in [0.25, 0.3) is 0 Å². The molecule has 1 aliphatic carbocycles. The molecule has 0 atom stereocenters. The molecule has 1 fully saturated rings. The van der Waals surface area contributed by atoms with E-state index in [0.29, 0.717) is 12.5 Å². The van der Waals surface area contributed by atoms with Crippen molar-refractivity contribution >= 4 is 0 Å². The number of benzene rings is 1. The molecule has 3 heteroatoms. The highest BCUT2D eigenvalue weighted by molar-refractivity contribution is 5.37. The quantitative estimate of drug-likeness (QED) is 0.834. The third-order valence-corrected chi connectivity index (χ3v) is 4.40. The second-order valence-electron chi connectivity index (χ2n) is 6.61. The molecule has 0 radical (unpaired) electrons. The van der Waals surface area contributed by atoms with Gasteiger partial charge in [0.15, 0.2) is 0 Å². The van der Waals surface area contributed by atoms with Crippen LogP contribution in [-0.2, 0) is 13.1 Å². The Morgan fingerprint density at radius 1 is 1.29 bits per heavy atom. The van der Waals surface area contributed by atoms with Gasteiger partial charge < -0.3 is 10.5 Å². The molecule has 0 saturated heterocycles. The van der Waals surface area contributed by atoms with Gasteiger partial charge in [-0.1, -0.05) is 38.8 Å². The van der Waals surface area contributed by atoms with E-state index in [9.17, 15) is 0 Å². The predicted octanol–water partition coefficient (Wildman–Crippen LogP) is 3.55. The normalized spacial score (nSPS) is 16.1. The molecule has 1 aliphatic rings. The first kappa shape index (κ1) is 16.3. The zero-order valence-corrected chi connectivity index (χ0v) is 13.8. The van der Waals surface area contributed by atoms with Crippen molar-refractivity contribution in [1.29, 1.82) is 0 Å². The maximum Gasteiger partial charge on any atom is 0.123 e. The highest BCUT2D eigenvalue weighted by atomic mass is 16.5. The fourth-order valence-electron chi connectivity index (χ4n) is 3.37. The molecule has 1 aromatic rings. The van der Waals surface area contributed by atoms with Crippen molar-refractivity contribution < 1.29 is 4.74 Å². The van der Waals surface area contributed by atoms with Gasteiger partial charge in [-0.25, -0.2) is 0 Å². The van der Waals surface area contributed by atoms with Crippen molar-refractivity contribution in [3.63, 3.8) is 0 Å². The lowest BCUT2D eigenvalue weighted by Gasteiger charge is -2.30. The number of ether oxygens (including phenoxy) is 1. The average molecular weight is 290 g/mol. The molecule has 0 aromatic heterocycles. The fourth-order valence-corrected chi connectivity index (χ4v) is 3.37. The van der Waals surface area contributed by atoms with Gasteiger partial charge in [-0.15, -0.1) is 0 Å². The minimum Gasteiger partial charge on any atom is -0.496 e. The van der Waals surface area contributed by atoms with Crippen LogP contribution in [0.1, 0.15) is 50.7 Å². The van der Waals surface area contributed by atoms with Crippen molar-refractivity contribution in [3.05, 3.63) is 29.3 Å². The van der Waals surface area contributed by atoms with Crippen LogP contribution < -0.4 is 10.5 Å². The Kier molecular flexibility index (Phi) is 6.07. The lowest BCUT2D eigenvalue weighted by atomic mass is 10.1. The Labute approximate surface area is 129 Å². The summed E-state index contributed by atoms with van der Waals surface area (Å²) in [7, 11) is 1.72. The summed E-state index contributed by atoms with van der Waals surface area (Å²) in [6.07, 6.45) is 5.47. The predicted molar refractivity (Wildman–Crippen MR) is 88.4 cm³/mol. The topological polar surface area (TPSA) is 38.5 Å². The summed E-state index contributed by atoms with van der Waals surface area (Å²) in [6.45, 7) is 7.33. The second kappa shape index (κ2) is 7.81. The van der Waals surface area contributed by atoms with E-state index in [2.05, 4.69) is 36.9 Å². The van der Waals surface area contributed by atoms with Crippen LogP contribution >= 0.6 is 0 Å². The zero-order chi connectivity index (χ0) is 15.2. The van der Waals surface area contributed by atoms with Gasteiger partial charge in [-0.2, -0.15) is 0 Å². The number of hydrogen-bond acceptors (Lipinski definition) is 3. The first-order chi connectivity index (χ1) is 10.1. The Hall–Kier alpha value is -1.06. The third kappa shape index (κ3) is 4.45. The Bertz CT molecular complexity index is 439. The minimum absolute atomic E-state index is 0.530. The summed E-state index contributed by atoms with van der Waals surface area (Å²) in [5.41, 5.74) is 8.16. The maximum atomic E-state index is 5.75. The molecule has 1 saturated carbocycles. The number of rotatable bonds is 7. The van der Waals surface area contributed by atoms with Crippen molar-refractivity contribution in [2.45, 2.75) is 58.7 Å². The molecular weight excluding hydrogens is 260 g/mol. The monoisotopic (exact) mass is 290 g/mol. The van der Waals surface area contributed by atoms with E-state index in [-0.39, 0.29) is 0 Å². The van der Waals surface area contributed by atoms with Gasteiger partial charge in [-0.3, -0.25) is 4.90 Å². The van der Waals surface area contributed by atoms with Gasteiger partial charge in [0.05, 0.1) is 7.11 Å². The molecule has 0 spiro atoms. The molecule has 0 aliphatic heterocycles. The number of nitrogens with two attached hydrogens (primary N) is 1. The van der Waals surface area contributed by atoms with Crippen molar-refractivity contribution in [3.8, 4) is 5.75 Å². The molecule has 21 heavy (non-hydrogen) atoms. The molecule has 3 nitrogen and oxygen atoms in total. The largest absolute Gasteiger partial charge is 0.496 e. The molecule has 2 N–H and O–H groups in total. The fraction of sp³-hybridized carbons (Fsp3) is 0.667. The molecule has 0 heterocycles. The Morgan fingerprint density at radius 3 is 2.57 bits per heavy atom. The average Bonchev–Trinajstić information content (AvgIpc) is 3.00. The molecule has 118 valence electrons. The molecule has 0 amide bonds. The van der Waals surface area contributed by atoms with E-state index < -0.39 is 0 Å². The van der Waals surface area contributed by atoms with Gasteiger partial charge >= 0.3 is 0 Å². The van der Waals surface area contributed by atoms with E-state index in [0.717, 1.165) is 23.9 Å². The highest BCUT2D eigenvalue weighted by Gasteiger charge is 2.23. The number of hydrogen-bond donors (Lipinski definition) is 1. The minimum atomic E-state index is 0.530. The zero-order valence-electron chi connectivity index (χ0n) is 13.8. The molecular formula is C18H30N2O. The van der Waals surface area contributed by atoms with Gasteiger partial charge in [0.1, 0.15) is 5.75 Å². The summed E-state index contributed by atoms with van der Waals surface area (Å²) < 4.78 is 5.47. The van der Waals surface area contributed by atoms with E-state index in [1.165, 1.54) is 37.8 Å². The summed E-state index contributed by atoms with van der Waals surface area (Å²) in [5.74, 6) is 1.63. The Morgan fingerprint density at radius 2 is 2.00 bits per heavy atom. The lowest BCUT2D eigenvalue weighted by Crippen LogP contribution is -2.35. The molecule has 0 unspecified atom stereocenters. The van der Waals surface area contributed by atoms with Crippen molar-refractivity contribution in [2.24, 2.45) is 11.7 Å². The first-order valence-electron chi connectivity index (χ1n) is 8.24. The smallest absolute Gasteiger partial charge is 0.123 e. The van der Waals surface area contributed by atoms with Crippen LogP contribution in [-0.4, -0.2) is 24.6 Å². The van der Waals surface area contributed by atoms with E-state index in [1.54, 1.807) is 7.11 Å². The van der Waals surface area contributed by atoms with Crippen LogP contribution in [0.2, 0.25) is 0 Å². The first-order valence-corrected chi connectivity index (χ1v) is 8.24. The van der Waals surface area contributed by atoms with Gasteiger partial charge in [0.25, 0.3) is 0 Å². The molecule has 1 aromatic carbocycles. The van der Waals surface area contributed by atoms with E-state index in [1.807, 2.05) is 0 Å². The number of nitrogens with zero attached hydrogens (tertiary/aromatic N) is 1. The summed E-state index contributed by atoms with van der Waals surface area (Å²) in [4.78, 5) is 2.66. The van der Waals surface area contributed by atoms with Crippen LogP contribution in [0, 0.1) is 5.92 Å². The van der Waals surface area contributed by atoms with Crippen molar-refractivity contribution in [2.75, 3.05) is 13.7 Å². The maximum absolute atomic E-state index is 5.75. The van der Waals surface area contributed by atoms with E-state index in [4.69, 9.17) is 10.5 Å². The van der Waals surface area contributed by atoms with Crippen LogP contribution in [0.15, 0.2) is 18.2 Å². The van der Waals surface area contributed by atoms with Gasteiger partial charge in [0.2, 0.25) is 0 Å². The molecule has 0 bridgehead atoms. The highest BCUT2D eigenvalue weighted by Crippen LogP contribution is 2.27. The standard InChI is InChI=1S/C18H30N2O/c1-14(2)12-20(17-6-4-5-7-17)13-15-8-9-16(11-19)18(10-15)21-3/h8-10,14,17H,4-7,11-13,19H2,1-3H3. The van der Waals surface area contributed by atoms with Gasteiger partial charge in [-0.05, 0) is 30.4 Å². The van der Waals surface area contributed by atoms with Crippen LogP contribution in [0.5, 0.6) is 5.75 Å². The third-order valence-electron chi connectivity index (χ3n) is 4.40. The summed E-state index contributed by atoms with van der Waals surface area (Å²) in [6, 6.07) is 7.22. The molecule has 2 rings (SSSR count). The lowest BCUT2D eigenvalue weighted by molar-refractivity contribution is 0.168. The summed E-state index contributed by atoms with van der Waals surface area (Å²) >= 11 is 0. The SMILES string of the molecule is COc1cc(CN(CC(C)C)C2CCCC2)ccc1CN. The van der Waals surface area contributed by atoms with E-state index >= 15 is 0 Å². The van der Waals surface area contributed by atoms with Gasteiger partial charge in [0, 0.05) is 31.2 Å². The van der Waals surface area contributed by atoms with Crippen molar-refractivity contribution in [1.82, 2.24) is 4.90 Å². The number of methoxy groups -OCH3 is 1. The van der Waals surface area contributed by atoms with Crippen LogP contribution in [0.3, 0.4) is 0 Å². The second-order valence-corrected chi connectivity index (χ2v) is 6.61. The summed E-state index contributed by atoms with van der Waals surface area (Å²) in [5, 5.41) is 0.